The van der Waals surface area contributed by atoms with Gasteiger partial charge in [-0.25, -0.2) is 13.8 Å². The molecule has 240 valence electrons. The summed E-state index contributed by atoms with van der Waals surface area (Å²) in [5.74, 6) is -0.535. The number of carbonyl (C=O) groups excluding carboxylic acids is 1. The predicted molar refractivity (Wildman–Crippen MR) is 169 cm³/mol. The highest BCUT2D eigenvalue weighted by molar-refractivity contribution is 5.73. The number of pyridine rings is 1. The fourth-order valence-electron chi connectivity index (χ4n) is 6.94. The zero-order chi connectivity index (χ0) is 31.3. The first-order valence-electron chi connectivity index (χ1n) is 16.3. The van der Waals surface area contributed by atoms with Crippen molar-refractivity contribution in [2.75, 3.05) is 50.9 Å². The van der Waals surface area contributed by atoms with E-state index in [1.807, 2.05) is 19.1 Å². The first-order chi connectivity index (χ1) is 21.9. The third-order valence-electron chi connectivity index (χ3n) is 9.62. The molecule has 4 heterocycles. The number of rotatable bonds is 9. The Kier molecular flexibility index (Phi) is 9.95. The van der Waals surface area contributed by atoms with E-state index in [0.29, 0.717) is 56.0 Å². The van der Waals surface area contributed by atoms with E-state index < -0.39 is 11.6 Å². The zero-order valence-corrected chi connectivity index (χ0v) is 26.3. The van der Waals surface area contributed by atoms with Crippen molar-refractivity contribution >= 4 is 11.8 Å². The molecule has 3 aliphatic rings. The molecular formula is C36H43F2N3O4. The maximum Gasteiger partial charge on any atom is 0.309 e. The standard InChI is InChI=1S/C36H43F2N3O4/c1-3-44-36(42)26-11-16-41(17-12-26)34-6-4-5-33(39-34)31-20-29(37)21-32(38)35(31)45-22-28-8-7-27(19-24(28)2)25-9-14-40(15-10-25)30-13-18-43-23-30/h4-8,19-21,25-26,30H,3,9-18,22-23H2,1-2H3. The monoisotopic (exact) mass is 619 g/mol. The highest BCUT2D eigenvalue weighted by Crippen LogP contribution is 2.36. The summed E-state index contributed by atoms with van der Waals surface area (Å²) >= 11 is 0. The molecule has 0 amide bonds. The molecule has 0 N–H and O–H groups in total. The van der Waals surface area contributed by atoms with Crippen LogP contribution in [-0.4, -0.2) is 67.9 Å². The van der Waals surface area contributed by atoms with E-state index in [1.165, 1.54) is 11.6 Å². The van der Waals surface area contributed by atoms with Gasteiger partial charge in [-0.3, -0.25) is 9.69 Å². The minimum atomic E-state index is -0.763. The summed E-state index contributed by atoms with van der Waals surface area (Å²) in [5, 5.41) is 0. The normalized spacial score (nSPS) is 20.0. The van der Waals surface area contributed by atoms with E-state index in [4.69, 9.17) is 19.2 Å². The molecule has 9 heteroatoms. The van der Waals surface area contributed by atoms with Crippen LogP contribution in [0.15, 0.2) is 48.5 Å². The lowest BCUT2D eigenvalue weighted by molar-refractivity contribution is -0.148. The zero-order valence-electron chi connectivity index (χ0n) is 26.3. The molecule has 6 rings (SSSR count). The Morgan fingerprint density at radius 2 is 1.80 bits per heavy atom. The highest BCUT2D eigenvalue weighted by Gasteiger charge is 2.29. The summed E-state index contributed by atoms with van der Waals surface area (Å²) in [6.45, 7) is 9.60. The second-order valence-corrected chi connectivity index (χ2v) is 12.5. The Balaban J connectivity index is 1.13. The Hall–Kier alpha value is -3.56. The Morgan fingerprint density at radius 3 is 2.51 bits per heavy atom. The van der Waals surface area contributed by atoms with Gasteiger partial charge in [-0.15, -0.1) is 0 Å². The SMILES string of the molecule is CCOC(=O)C1CCN(c2cccc(-c3cc(F)cc(F)c3OCc3ccc(C4CCN(C5CCOC5)CC4)cc3C)n2)CC1. The lowest BCUT2D eigenvalue weighted by Gasteiger charge is -2.35. The first-order valence-corrected chi connectivity index (χ1v) is 16.3. The number of nitrogens with zero attached hydrogens (tertiary/aromatic N) is 3. The van der Waals surface area contributed by atoms with Gasteiger partial charge in [0, 0.05) is 37.4 Å². The van der Waals surface area contributed by atoms with Crippen LogP contribution in [0, 0.1) is 24.5 Å². The van der Waals surface area contributed by atoms with Crippen molar-refractivity contribution < 1.29 is 27.8 Å². The number of hydrogen-bond donors (Lipinski definition) is 0. The van der Waals surface area contributed by atoms with Gasteiger partial charge in [-0.05, 0) is 99.8 Å². The summed E-state index contributed by atoms with van der Waals surface area (Å²) < 4.78 is 46.6. The molecule has 45 heavy (non-hydrogen) atoms. The first kappa shape index (κ1) is 31.4. The second-order valence-electron chi connectivity index (χ2n) is 12.5. The molecule has 7 nitrogen and oxygen atoms in total. The molecule has 3 fully saturated rings. The van der Waals surface area contributed by atoms with Crippen LogP contribution in [0.5, 0.6) is 5.75 Å². The van der Waals surface area contributed by atoms with Crippen molar-refractivity contribution in [3.05, 3.63) is 76.9 Å². The van der Waals surface area contributed by atoms with Gasteiger partial charge in [0.1, 0.15) is 18.2 Å². The topological polar surface area (TPSA) is 64.1 Å². The highest BCUT2D eigenvalue weighted by atomic mass is 19.1. The number of carbonyl (C=O) groups is 1. The molecule has 0 bridgehead atoms. The summed E-state index contributed by atoms with van der Waals surface area (Å²) in [7, 11) is 0. The van der Waals surface area contributed by atoms with E-state index >= 15 is 4.39 Å². The van der Waals surface area contributed by atoms with Gasteiger partial charge in [-0.2, -0.15) is 0 Å². The molecule has 3 aliphatic heterocycles. The van der Waals surface area contributed by atoms with E-state index in [0.717, 1.165) is 62.8 Å². The second kappa shape index (κ2) is 14.3. The Morgan fingerprint density at radius 1 is 1.00 bits per heavy atom. The van der Waals surface area contributed by atoms with Crippen molar-refractivity contribution in [2.45, 2.75) is 64.5 Å². The molecule has 0 spiro atoms. The van der Waals surface area contributed by atoms with Crippen LogP contribution >= 0.6 is 0 Å². The lowest BCUT2D eigenvalue weighted by atomic mass is 9.87. The molecule has 3 aromatic rings. The van der Waals surface area contributed by atoms with Crippen molar-refractivity contribution in [1.82, 2.24) is 9.88 Å². The van der Waals surface area contributed by atoms with Crippen LogP contribution in [0.25, 0.3) is 11.3 Å². The quantitative estimate of drug-likeness (QED) is 0.248. The van der Waals surface area contributed by atoms with Gasteiger partial charge < -0.3 is 19.1 Å². The van der Waals surface area contributed by atoms with E-state index in [9.17, 15) is 9.18 Å². The van der Waals surface area contributed by atoms with Gasteiger partial charge in [0.05, 0.1) is 24.8 Å². The third-order valence-corrected chi connectivity index (χ3v) is 9.62. The summed E-state index contributed by atoms with van der Waals surface area (Å²) in [6.07, 6.45) is 4.73. The summed E-state index contributed by atoms with van der Waals surface area (Å²) in [5.41, 5.74) is 4.08. The number of hydrogen-bond acceptors (Lipinski definition) is 7. The average molecular weight is 620 g/mol. The van der Waals surface area contributed by atoms with E-state index in [2.05, 4.69) is 34.9 Å². The number of likely N-dealkylation sites (tertiary alicyclic amines) is 1. The van der Waals surface area contributed by atoms with Crippen molar-refractivity contribution in [3.8, 4) is 17.0 Å². The maximum absolute atomic E-state index is 15.2. The van der Waals surface area contributed by atoms with Crippen molar-refractivity contribution in [1.29, 1.82) is 0 Å². The smallest absolute Gasteiger partial charge is 0.309 e. The van der Waals surface area contributed by atoms with Gasteiger partial charge in [-0.1, -0.05) is 24.3 Å². The third kappa shape index (κ3) is 7.31. The molecule has 3 saturated heterocycles. The number of halogens is 2. The summed E-state index contributed by atoms with van der Waals surface area (Å²) in [6, 6.07) is 14.6. The summed E-state index contributed by atoms with van der Waals surface area (Å²) in [4.78, 5) is 21.6. The van der Waals surface area contributed by atoms with Crippen molar-refractivity contribution in [2.24, 2.45) is 5.92 Å². The fourth-order valence-corrected chi connectivity index (χ4v) is 6.94. The lowest BCUT2D eigenvalue weighted by Crippen LogP contribution is -2.41. The van der Waals surface area contributed by atoms with Gasteiger partial charge in [0.15, 0.2) is 11.6 Å². The molecule has 1 aromatic heterocycles. The van der Waals surface area contributed by atoms with E-state index in [-0.39, 0.29) is 29.8 Å². The van der Waals surface area contributed by atoms with Gasteiger partial charge in [0.2, 0.25) is 0 Å². The minimum absolute atomic E-state index is 0.0196. The maximum atomic E-state index is 15.2. The number of ether oxygens (including phenoxy) is 3. The van der Waals surface area contributed by atoms with Crippen LogP contribution in [0.4, 0.5) is 14.6 Å². The number of anilines is 1. The number of esters is 1. The molecular weight excluding hydrogens is 576 g/mol. The van der Waals surface area contributed by atoms with Gasteiger partial charge >= 0.3 is 5.97 Å². The Labute approximate surface area is 264 Å². The predicted octanol–water partition coefficient (Wildman–Crippen LogP) is 6.66. The number of benzene rings is 2. The molecule has 0 aliphatic carbocycles. The fraction of sp³-hybridized carbons (Fsp3) is 0.500. The van der Waals surface area contributed by atoms with Crippen LogP contribution in [-0.2, 0) is 20.9 Å². The van der Waals surface area contributed by atoms with Crippen LogP contribution < -0.4 is 9.64 Å². The van der Waals surface area contributed by atoms with Crippen LogP contribution in [0.2, 0.25) is 0 Å². The Bertz CT molecular complexity index is 1480. The molecule has 0 radical (unpaired) electrons. The minimum Gasteiger partial charge on any atom is -0.485 e. The number of piperidine rings is 2. The van der Waals surface area contributed by atoms with Gasteiger partial charge in [0.25, 0.3) is 0 Å². The van der Waals surface area contributed by atoms with E-state index in [1.54, 1.807) is 6.07 Å². The largest absolute Gasteiger partial charge is 0.485 e. The molecule has 2 aromatic carbocycles. The molecule has 0 saturated carbocycles. The molecule has 1 unspecified atom stereocenters. The number of aryl methyl sites for hydroxylation is 1. The average Bonchev–Trinajstić information content (AvgIpc) is 3.60. The number of aromatic nitrogens is 1. The van der Waals surface area contributed by atoms with Crippen LogP contribution in [0.1, 0.15) is 61.6 Å². The van der Waals surface area contributed by atoms with Crippen LogP contribution in [0.3, 0.4) is 0 Å². The molecule has 1 atom stereocenters. The van der Waals surface area contributed by atoms with Crippen molar-refractivity contribution in [3.63, 3.8) is 0 Å².